The van der Waals surface area contributed by atoms with Crippen molar-refractivity contribution in [2.24, 2.45) is 7.05 Å². The normalized spacial score (nSPS) is 10.5. The van der Waals surface area contributed by atoms with Crippen LogP contribution in [-0.4, -0.2) is 46.0 Å². The molecule has 0 spiro atoms. The zero-order valence-corrected chi connectivity index (χ0v) is 13.8. The predicted molar refractivity (Wildman–Crippen MR) is 88.2 cm³/mol. The minimum atomic E-state index is 0.0225. The molecule has 0 radical (unpaired) electrons. The van der Waals surface area contributed by atoms with Crippen molar-refractivity contribution in [3.63, 3.8) is 0 Å². The highest BCUT2D eigenvalue weighted by Gasteiger charge is 2.05. The number of carbonyl (C=O) groups is 1. The number of carbonyl (C=O) groups excluding carboxylic acids is 1. The fraction of sp³-hybridized carbons (Fsp3) is 0.429. The van der Waals surface area contributed by atoms with Gasteiger partial charge in [0.05, 0.1) is 0 Å². The minimum absolute atomic E-state index is 0.0225. The first-order valence-corrected chi connectivity index (χ1v) is 7.97. The molecule has 0 aliphatic heterocycles. The summed E-state index contributed by atoms with van der Waals surface area (Å²) in [5.74, 6) is 0.829. The highest BCUT2D eigenvalue weighted by Crippen LogP contribution is 2.17. The van der Waals surface area contributed by atoms with Gasteiger partial charge in [-0.25, -0.2) is 4.68 Å². The van der Waals surface area contributed by atoms with Crippen molar-refractivity contribution in [3.05, 3.63) is 24.3 Å². The van der Waals surface area contributed by atoms with E-state index in [4.69, 9.17) is 0 Å². The highest BCUT2D eigenvalue weighted by atomic mass is 32.2. The molecule has 1 aromatic carbocycles. The molecule has 118 valence electrons. The summed E-state index contributed by atoms with van der Waals surface area (Å²) in [7, 11) is 5.77. The van der Waals surface area contributed by atoms with E-state index in [-0.39, 0.29) is 5.91 Å². The first kappa shape index (κ1) is 16.3. The first-order valence-electron chi connectivity index (χ1n) is 6.98. The summed E-state index contributed by atoms with van der Waals surface area (Å²) in [6, 6.07) is 7.78. The molecule has 0 bridgehead atoms. The van der Waals surface area contributed by atoms with Crippen molar-refractivity contribution in [2.45, 2.75) is 18.0 Å². The number of aromatic nitrogens is 4. The smallest absolute Gasteiger partial charge is 0.224 e. The lowest BCUT2D eigenvalue weighted by Crippen LogP contribution is -2.12. The molecule has 0 unspecified atom stereocenters. The molecule has 1 aromatic heterocycles. The van der Waals surface area contributed by atoms with Gasteiger partial charge in [0.15, 0.2) is 0 Å². The lowest BCUT2D eigenvalue weighted by Gasteiger charge is -2.13. The molecule has 0 aliphatic carbocycles. The Morgan fingerprint density at radius 1 is 1.32 bits per heavy atom. The van der Waals surface area contributed by atoms with Crippen molar-refractivity contribution >= 4 is 29.0 Å². The SMILES string of the molecule is CN(C)c1ccc(NC(=O)CCCSc2nnnn2C)cc1. The topological polar surface area (TPSA) is 75.9 Å². The number of anilines is 2. The molecular formula is C14H20N6OS. The summed E-state index contributed by atoms with van der Waals surface area (Å²) in [5, 5.41) is 14.9. The second-order valence-corrected chi connectivity index (χ2v) is 6.09. The molecule has 0 saturated carbocycles. The van der Waals surface area contributed by atoms with Crippen molar-refractivity contribution < 1.29 is 4.79 Å². The molecule has 22 heavy (non-hydrogen) atoms. The largest absolute Gasteiger partial charge is 0.378 e. The van der Waals surface area contributed by atoms with Crippen molar-refractivity contribution in [2.75, 3.05) is 30.1 Å². The van der Waals surface area contributed by atoms with Crippen LogP contribution in [0.15, 0.2) is 29.4 Å². The molecule has 1 N–H and O–H groups in total. The van der Waals surface area contributed by atoms with E-state index in [1.807, 2.05) is 43.3 Å². The van der Waals surface area contributed by atoms with Crippen LogP contribution in [0.5, 0.6) is 0 Å². The third-order valence-corrected chi connectivity index (χ3v) is 4.12. The first-order chi connectivity index (χ1) is 10.6. The molecule has 8 heteroatoms. The summed E-state index contributed by atoms with van der Waals surface area (Å²) in [6.07, 6.45) is 1.26. The van der Waals surface area contributed by atoms with Crippen LogP contribution in [0.4, 0.5) is 11.4 Å². The summed E-state index contributed by atoms with van der Waals surface area (Å²) < 4.78 is 1.62. The van der Waals surface area contributed by atoms with Crippen LogP contribution in [-0.2, 0) is 11.8 Å². The highest BCUT2D eigenvalue weighted by molar-refractivity contribution is 7.99. The second-order valence-electron chi connectivity index (χ2n) is 5.03. The summed E-state index contributed by atoms with van der Waals surface area (Å²) >= 11 is 1.55. The third kappa shape index (κ3) is 4.73. The maximum atomic E-state index is 11.9. The van der Waals surface area contributed by atoms with Crippen LogP contribution in [0.3, 0.4) is 0 Å². The van der Waals surface area contributed by atoms with Crippen molar-refractivity contribution in [1.82, 2.24) is 20.2 Å². The van der Waals surface area contributed by atoms with Crippen LogP contribution in [0.1, 0.15) is 12.8 Å². The lowest BCUT2D eigenvalue weighted by molar-refractivity contribution is -0.116. The Morgan fingerprint density at radius 2 is 2.05 bits per heavy atom. The number of hydrogen-bond donors (Lipinski definition) is 1. The Balaban J connectivity index is 1.70. The summed E-state index contributed by atoms with van der Waals surface area (Å²) in [4.78, 5) is 13.9. The number of amides is 1. The van der Waals surface area contributed by atoms with Gasteiger partial charge in [-0.2, -0.15) is 0 Å². The monoisotopic (exact) mass is 320 g/mol. The number of nitrogens with one attached hydrogen (secondary N) is 1. The van der Waals surface area contributed by atoms with Crippen LogP contribution in [0, 0.1) is 0 Å². The van der Waals surface area contributed by atoms with E-state index in [2.05, 4.69) is 20.8 Å². The zero-order valence-electron chi connectivity index (χ0n) is 13.0. The molecule has 0 fully saturated rings. The molecule has 0 saturated heterocycles. The molecule has 7 nitrogen and oxygen atoms in total. The fourth-order valence-electron chi connectivity index (χ4n) is 1.81. The zero-order chi connectivity index (χ0) is 15.9. The second kappa shape index (κ2) is 7.79. The van der Waals surface area contributed by atoms with E-state index in [0.29, 0.717) is 6.42 Å². The number of aryl methyl sites for hydroxylation is 1. The van der Waals surface area contributed by atoms with Gasteiger partial charge in [-0.3, -0.25) is 4.79 Å². The maximum absolute atomic E-state index is 11.9. The molecule has 2 aromatic rings. The van der Waals surface area contributed by atoms with E-state index in [0.717, 1.165) is 28.7 Å². The van der Waals surface area contributed by atoms with E-state index in [9.17, 15) is 4.79 Å². The van der Waals surface area contributed by atoms with Gasteiger partial charge in [0.2, 0.25) is 11.1 Å². The summed E-state index contributed by atoms with van der Waals surface area (Å²) in [6.45, 7) is 0. The Labute approximate surface area is 134 Å². The van der Waals surface area contributed by atoms with E-state index < -0.39 is 0 Å². The van der Waals surface area contributed by atoms with Gasteiger partial charge in [-0.15, -0.1) is 5.10 Å². The summed E-state index contributed by atoms with van der Waals surface area (Å²) in [5.41, 5.74) is 1.92. The van der Waals surface area contributed by atoms with Crippen LogP contribution in [0.2, 0.25) is 0 Å². The van der Waals surface area contributed by atoms with Crippen LogP contribution in [0.25, 0.3) is 0 Å². The van der Waals surface area contributed by atoms with Gasteiger partial charge in [-0.05, 0) is 41.1 Å². The van der Waals surface area contributed by atoms with Gasteiger partial charge in [0.25, 0.3) is 0 Å². The van der Waals surface area contributed by atoms with Gasteiger partial charge in [0, 0.05) is 44.7 Å². The minimum Gasteiger partial charge on any atom is -0.378 e. The Bertz CT molecular complexity index is 610. The Hall–Kier alpha value is -2.09. The van der Waals surface area contributed by atoms with E-state index in [1.54, 1.807) is 23.5 Å². The van der Waals surface area contributed by atoms with Gasteiger partial charge >= 0.3 is 0 Å². The fourth-order valence-corrected chi connectivity index (χ4v) is 2.59. The maximum Gasteiger partial charge on any atom is 0.224 e. The van der Waals surface area contributed by atoms with Gasteiger partial charge in [-0.1, -0.05) is 11.8 Å². The number of rotatable bonds is 7. The molecule has 1 heterocycles. The predicted octanol–water partition coefficient (Wildman–Crippen LogP) is 1.79. The Kier molecular flexibility index (Phi) is 5.76. The molecule has 0 atom stereocenters. The number of benzene rings is 1. The van der Waals surface area contributed by atoms with E-state index in [1.165, 1.54) is 0 Å². The number of nitrogens with zero attached hydrogens (tertiary/aromatic N) is 5. The van der Waals surface area contributed by atoms with Crippen LogP contribution < -0.4 is 10.2 Å². The number of hydrogen-bond acceptors (Lipinski definition) is 6. The Morgan fingerprint density at radius 3 is 2.64 bits per heavy atom. The quantitative estimate of drug-likeness (QED) is 0.619. The number of tetrazole rings is 1. The average molecular weight is 320 g/mol. The van der Waals surface area contributed by atoms with E-state index >= 15 is 0 Å². The standard InChI is InChI=1S/C14H20N6OS/c1-19(2)12-8-6-11(7-9-12)15-13(21)5-4-10-22-14-16-17-18-20(14)3/h6-9H,4-5,10H2,1-3H3,(H,15,21). The van der Waals surface area contributed by atoms with Crippen molar-refractivity contribution in [3.8, 4) is 0 Å². The lowest BCUT2D eigenvalue weighted by atomic mass is 10.2. The molecular weight excluding hydrogens is 300 g/mol. The van der Waals surface area contributed by atoms with Crippen LogP contribution >= 0.6 is 11.8 Å². The van der Waals surface area contributed by atoms with Gasteiger partial charge in [0.1, 0.15) is 0 Å². The molecule has 1 amide bonds. The third-order valence-electron chi connectivity index (χ3n) is 3.03. The van der Waals surface area contributed by atoms with Gasteiger partial charge < -0.3 is 10.2 Å². The molecule has 0 aliphatic rings. The number of thioether (sulfide) groups is 1. The van der Waals surface area contributed by atoms with Crippen molar-refractivity contribution in [1.29, 1.82) is 0 Å². The average Bonchev–Trinajstić information content (AvgIpc) is 2.89. The molecule has 2 rings (SSSR count).